The van der Waals surface area contributed by atoms with E-state index in [0.717, 1.165) is 37.2 Å². The summed E-state index contributed by atoms with van der Waals surface area (Å²) in [6.07, 6.45) is 5.12. The molecule has 1 aliphatic heterocycles. The highest BCUT2D eigenvalue weighted by Crippen LogP contribution is 2.15. The van der Waals surface area contributed by atoms with Gasteiger partial charge in [0.1, 0.15) is 0 Å². The zero-order chi connectivity index (χ0) is 19.8. The molecule has 1 saturated heterocycles. The highest BCUT2D eigenvalue weighted by atomic mass is 35.5. The van der Waals surface area contributed by atoms with Crippen LogP contribution >= 0.6 is 24.8 Å². The molecule has 0 radical (unpaired) electrons. The molecular weight excluding hydrogens is 423 g/mol. The van der Waals surface area contributed by atoms with Crippen LogP contribution in [0.3, 0.4) is 0 Å². The topological polar surface area (TPSA) is 87.5 Å². The number of carbonyl (C=O) groups is 2. The second-order valence-electron chi connectivity index (χ2n) is 7.28. The van der Waals surface area contributed by atoms with Crippen molar-refractivity contribution in [3.63, 3.8) is 0 Å². The van der Waals surface area contributed by atoms with E-state index in [1.165, 1.54) is 12.8 Å². The number of nitrogens with one attached hydrogen (secondary N) is 2. The number of rotatable bonds is 6. The molecule has 30 heavy (non-hydrogen) atoms. The van der Waals surface area contributed by atoms with Gasteiger partial charge < -0.3 is 16.4 Å². The minimum Gasteiger partial charge on any atom is -0.399 e. The zero-order valence-electron chi connectivity index (χ0n) is 16.9. The van der Waals surface area contributed by atoms with Crippen molar-refractivity contribution in [1.29, 1.82) is 0 Å². The van der Waals surface area contributed by atoms with Gasteiger partial charge in [-0.2, -0.15) is 0 Å². The fourth-order valence-corrected chi connectivity index (χ4v) is 3.36. The summed E-state index contributed by atoms with van der Waals surface area (Å²) in [5.74, 6) is -0.0928. The highest BCUT2D eigenvalue weighted by Gasteiger charge is 2.13. The van der Waals surface area contributed by atoms with Crippen LogP contribution in [0.4, 0.5) is 17.1 Å². The Balaban J connectivity index is 0.00000225. The minimum absolute atomic E-state index is 0. The molecule has 2 aromatic rings. The quantitative estimate of drug-likeness (QED) is 0.575. The fourth-order valence-electron chi connectivity index (χ4n) is 3.36. The van der Waals surface area contributed by atoms with E-state index in [1.807, 2.05) is 12.1 Å². The Bertz CT molecular complexity index is 790. The Hall–Kier alpha value is -2.28. The molecule has 0 aliphatic carbocycles. The maximum absolute atomic E-state index is 12.3. The van der Waals surface area contributed by atoms with Crippen LogP contribution in [0.15, 0.2) is 48.5 Å². The molecule has 0 aromatic heterocycles. The van der Waals surface area contributed by atoms with Gasteiger partial charge in [0.15, 0.2) is 0 Å². The van der Waals surface area contributed by atoms with Crippen LogP contribution in [0.25, 0.3) is 0 Å². The van der Waals surface area contributed by atoms with Gasteiger partial charge in [0.05, 0.1) is 13.0 Å². The van der Waals surface area contributed by atoms with Gasteiger partial charge in [-0.25, -0.2) is 0 Å². The number of halogens is 2. The third-order valence-electron chi connectivity index (χ3n) is 4.86. The van der Waals surface area contributed by atoms with Crippen molar-refractivity contribution in [3.05, 3.63) is 54.1 Å². The van der Waals surface area contributed by atoms with Crippen LogP contribution < -0.4 is 16.4 Å². The average Bonchev–Trinajstić information content (AvgIpc) is 2.94. The summed E-state index contributed by atoms with van der Waals surface area (Å²) in [5.41, 5.74) is 8.67. The van der Waals surface area contributed by atoms with Crippen molar-refractivity contribution in [2.24, 2.45) is 0 Å². The fraction of sp³-hybridized carbons (Fsp3) is 0.364. The predicted octanol–water partition coefficient (Wildman–Crippen LogP) is 4.11. The molecular formula is C22H30Cl2N4O2. The van der Waals surface area contributed by atoms with Crippen molar-refractivity contribution < 1.29 is 9.59 Å². The molecule has 1 fully saturated rings. The first-order valence-electron chi connectivity index (χ1n) is 9.85. The van der Waals surface area contributed by atoms with E-state index in [9.17, 15) is 9.59 Å². The number of nitrogens with zero attached hydrogens (tertiary/aromatic N) is 1. The highest BCUT2D eigenvalue weighted by molar-refractivity contribution is 5.94. The van der Waals surface area contributed by atoms with Gasteiger partial charge in [0.25, 0.3) is 0 Å². The number of nitrogen functional groups attached to an aromatic ring is 1. The Labute approximate surface area is 190 Å². The number of hydrogen-bond donors (Lipinski definition) is 3. The molecule has 0 saturated carbocycles. The molecule has 0 spiro atoms. The molecule has 2 aromatic carbocycles. The SMILES string of the molecule is Cl.Cl.Nc1ccc(CC(=O)Nc2ccc(NC(=O)CN3CCCCCC3)cc2)cc1. The van der Waals surface area contributed by atoms with Gasteiger partial charge in [-0.15, -0.1) is 24.8 Å². The van der Waals surface area contributed by atoms with Crippen molar-refractivity contribution in [2.45, 2.75) is 32.1 Å². The lowest BCUT2D eigenvalue weighted by Crippen LogP contribution is -2.33. The molecule has 6 nitrogen and oxygen atoms in total. The largest absolute Gasteiger partial charge is 0.399 e. The van der Waals surface area contributed by atoms with Gasteiger partial charge in [0.2, 0.25) is 11.8 Å². The van der Waals surface area contributed by atoms with Crippen LogP contribution in [0, 0.1) is 0 Å². The smallest absolute Gasteiger partial charge is 0.238 e. The lowest BCUT2D eigenvalue weighted by molar-refractivity contribution is -0.117. The first-order chi connectivity index (χ1) is 13.6. The molecule has 2 amide bonds. The van der Waals surface area contributed by atoms with Crippen LogP contribution in [0.5, 0.6) is 0 Å². The standard InChI is InChI=1S/C22H28N4O2.2ClH/c23-18-7-5-17(6-8-18)15-21(27)24-19-9-11-20(12-10-19)25-22(28)16-26-13-3-1-2-4-14-26;;/h5-12H,1-4,13-16,23H2,(H,24,27)(H,25,28);2*1H. The van der Waals surface area contributed by atoms with Crippen LogP contribution in [0.2, 0.25) is 0 Å². The van der Waals surface area contributed by atoms with Gasteiger partial charge in [-0.3, -0.25) is 14.5 Å². The van der Waals surface area contributed by atoms with Gasteiger partial charge >= 0.3 is 0 Å². The van der Waals surface area contributed by atoms with E-state index in [-0.39, 0.29) is 43.0 Å². The number of amides is 2. The third-order valence-corrected chi connectivity index (χ3v) is 4.86. The summed E-state index contributed by atoms with van der Waals surface area (Å²) >= 11 is 0. The average molecular weight is 453 g/mol. The number of likely N-dealkylation sites (tertiary alicyclic amines) is 1. The molecule has 164 valence electrons. The van der Waals surface area contributed by atoms with Crippen LogP contribution in [-0.4, -0.2) is 36.3 Å². The molecule has 0 bridgehead atoms. The van der Waals surface area contributed by atoms with Crippen molar-refractivity contribution in [1.82, 2.24) is 4.90 Å². The number of nitrogens with two attached hydrogens (primary N) is 1. The van der Waals surface area contributed by atoms with Crippen molar-refractivity contribution in [2.75, 3.05) is 36.0 Å². The minimum atomic E-state index is -0.0947. The molecule has 0 unspecified atom stereocenters. The summed E-state index contributed by atoms with van der Waals surface area (Å²) in [4.78, 5) is 26.6. The van der Waals surface area contributed by atoms with E-state index in [2.05, 4.69) is 15.5 Å². The molecule has 4 N–H and O–H groups in total. The van der Waals surface area contributed by atoms with E-state index in [0.29, 0.717) is 17.9 Å². The molecule has 3 rings (SSSR count). The van der Waals surface area contributed by atoms with Crippen LogP contribution in [-0.2, 0) is 16.0 Å². The number of carbonyl (C=O) groups excluding carboxylic acids is 2. The molecule has 0 atom stereocenters. The number of benzene rings is 2. The summed E-state index contributed by atoms with van der Waals surface area (Å²) < 4.78 is 0. The van der Waals surface area contributed by atoms with E-state index < -0.39 is 0 Å². The first-order valence-corrected chi connectivity index (χ1v) is 9.85. The Morgan fingerprint density at radius 3 is 1.80 bits per heavy atom. The van der Waals surface area contributed by atoms with Gasteiger partial charge in [-0.1, -0.05) is 25.0 Å². The van der Waals surface area contributed by atoms with Gasteiger partial charge in [0, 0.05) is 17.1 Å². The molecule has 1 heterocycles. The van der Waals surface area contributed by atoms with E-state index >= 15 is 0 Å². The van der Waals surface area contributed by atoms with Crippen LogP contribution in [0.1, 0.15) is 31.2 Å². The molecule has 1 aliphatic rings. The summed E-state index contributed by atoms with van der Waals surface area (Å²) in [7, 11) is 0. The lowest BCUT2D eigenvalue weighted by atomic mass is 10.1. The summed E-state index contributed by atoms with van der Waals surface area (Å²) in [5, 5.41) is 5.80. The third kappa shape index (κ3) is 8.61. The summed E-state index contributed by atoms with van der Waals surface area (Å²) in [6, 6.07) is 14.5. The predicted molar refractivity (Wildman–Crippen MR) is 128 cm³/mol. The van der Waals surface area contributed by atoms with Crippen molar-refractivity contribution >= 4 is 53.7 Å². The maximum atomic E-state index is 12.3. The van der Waals surface area contributed by atoms with E-state index in [4.69, 9.17) is 5.73 Å². The lowest BCUT2D eigenvalue weighted by Gasteiger charge is -2.19. The maximum Gasteiger partial charge on any atom is 0.238 e. The Morgan fingerprint density at radius 1 is 0.767 bits per heavy atom. The van der Waals surface area contributed by atoms with Gasteiger partial charge in [-0.05, 0) is 67.9 Å². The monoisotopic (exact) mass is 452 g/mol. The second kappa shape index (κ2) is 13.1. The number of anilines is 3. The zero-order valence-corrected chi connectivity index (χ0v) is 18.6. The summed E-state index contributed by atoms with van der Waals surface area (Å²) in [6.45, 7) is 2.42. The second-order valence-corrected chi connectivity index (χ2v) is 7.28. The van der Waals surface area contributed by atoms with Crippen molar-refractivity contribution in [3.8, 4) is 0 Å². The molecule has 8 heteroatoms. The normalized spacial score (nSPS) is 13.9. The van der Waals surface area contributed by atoms with E-state index in [1.54, 1.807) is 36.4 Å². The Kier molecular flexibility index (Phi) is 11.3. The first kappa shape index (κ1) is 25.8. The number of hydrogen-bond acceptors (Lipinski definition) is 4. The Morgan fingerprint density at radius 2 is 1.27 bits per heavy atom.